The minimum atomic E-state index is -4.33. The number of hydrogen-bond donors (Lipinski definition) is 1. The summed E-state index contributed by atoms with van der Waals surface area (Å²) >= 11 is 0. The summed E-state index contributed by atoms with van der Waals surface area (Å²) in [6, 6.07) is 6.23. The van der Waals surface area contributed by atoms with E-state index in [1.807, 2.05) is 6.92 Å². The molecule has 0 saturated carbocycles. The fourth-order valence-electron chi connectivity index (χ4n) is 1.30. The molecular formula is C11H14F3NO. The number of halogens is 3. The van der Waals surface area contributed by atoms with Gasteiger partial charge in [0.1, 0.15) is 5.75 Å². The Morgan fingerprint density at radius 1 is 1.31 bits per heavy atom. The fraction of sp³-hybridized carbons (Fsp3) is 0.455. The van der Waals surface area contributed by atoms with E-state index in [0.717, 1.165) is 0 Å². The molecule has 0 aliphatic carbocycles. The van der Waals surface area contributed by atoms with E-state index >= 15 is 0 Å². The van der Waals surface area contributed by atoms with Crippen molar-refractivity contribution in [2.75, 3.05) is 6.61 Å². The molecule has 0 aliphatic heterocycles. The molecule has 90 valence electrons. The van der Waals surface area contributed by atoms with E-state index in [1.54, 1.807) is 18.2 Å². The Kier molecular flexibility index (Phi) is 4.18. The van der Waals surface area contributed by atoms with Gasteiger partial charge >= 0.3 is 6.18 Å². The van der Waals surface area contributed by atoms with Crippen molar-refractivity contribution < 1.29 is 17.9 Å². The number of ether oxygens (including phenoxy) is 1. The third-order valence-electron chi connectivity index (χ3n) is 2.15. The molecule has 0 radical (unpaired) electrons. The average molecular weight is 233 g/mol. The lowest BCUT2D eigenvalue weighted by molar-refractivity contribution is -0.153. The maximum Gasteiger partial charge on any atom is 0.422 e. The first kappa shape index (κ1) is 12.8. The van der Waals surface area contributed by atoms with Crippen molar-refractivity contribution in [2.45, 2.75) is 25.6 Å². The summed E-state index contributed by atoms with van der Waals surface area (Å²) in [6.45, 7) is 0.575. The summed E-state index contributed by atoms with van der Waals surface area (Å²) in [5.74, 6) is 0.203. The minimum Gasteiger partial charge on any atom is -0.484 e. The van der Waals surface area contributed by atoms with Crippen molar-refractivity contribution in [3.8, 4) is 5.75 Å². The SMILES string of the molecule is CCC(N)c1ccccc1OCC(F)(F)F. The zero-order valence-corrected chi connectivity index (χ0v) is 8.92. The second-order valence-corrected chi connectivity index (χ2v) is 3.46. The number of nitrogens with two attached hydrogens (primary N) is 1. The molecule has 0 saturated heterocycles. The van der Waals surface area contributed by atoms with E-state index < -0.39 is 12.8 Å². The molecule has 0 heterocycles. The molecule has 2 N–H and O–H groups in total. The van der Waals surface area contributed by atoms with Gasteiger partial charge in [-0.1, -0.05) is 25.1 Å². The third kappa shape index (κ3) is 3.73. The lowest BCUT2D eigenvalue weighted by atomic mass is 10.0. The van der Waals surface area contributed by atoms with Crippen LogP contribution in [0.3, 0.4) is 0 Å². The average Bonchev–Trinajstić information content (AvgIpc) is 2.25. The second-order valence-electron chi connectivity index (χ2n) is 3.46. The van der Waals surface area contributed by atoms with Crippen molar-refractivity contribution >= 4 is 0 Å². The molecule has 1 aromatic rings. The van der Waals surface area contributed by atoms with Gasteiger partial charge in [-0.25, -0.2) is 0 Å². The van der Waals surface area contributed by atoms with E-state index in [2.05, 4.69) is 0 Å². The van der Waals surface area contributed by atoms with Crippen LogP contribution in [0.1, 0.15) is 24.9 Å². The van der Waals surface area contributed by atoms with Gasteiger partial charge in [-0.05, 0) is 12.5 Å². The molecule has 16 heavy (non-hydrogen) atoms. The molecule has 0 fully saturated rings. The summed E-state index contributed by atoms with van der Waals surface area (Å²) in [4.78, 5) is 0. The predicted octanol–water partition coefficient (Wildman–Crippen LogP) is 3.04. The van der Waals surface area contributed by atoms with Crippen LogP contribution in [-0.2, 0) is 0 Å². The van der Waals surface area contributed by atoms with Crippen LogP contribution in [0.15, 0.2) is 24.3 Å². The Labute approximate surface area is 92.2 Å². The normalized spacial score (nSPS) is 13.6. The topological polar surface area (TPSA) is 35.2 Å². The van der Waals surface area contributed by atoms with Gasteiger partial charge in [0.15, 0.2) is 6.61 Å². The quantitative estimate of drug-likeness (QED) is 0.867. The lowest BCUT2D eigenvalue weighted by Gasteiger charge is -2.16. The highest BCUT2D eigenvalue weighted by Crippen LogP contribution is 2.27. The van der Waals surface area contributed by atoms with Gasteiger partial charge < -0.3 is 10.5 Å². The van der Waals surface area contributed by atoms with Crippen molar-refractivity contribution in [1.82, 2.24) is 0 Å². The predicted molar refractivity (Wildman–Crippen MR) is 55.2 cm³/mol. The monoisotopic (exact) mass is 233 g/mol. The van der Waals surface area contributed by atoms with Crippen molar-refractivity contribution in [3.63, 3.8) is 0 Å². The fourth-order valence-corrected chi connectivity index (χ4v) is 1.30. The summed E-state index contributed by atoms with van der Waals surface area (Å²) < 4.78 is 40.7. The molecule has 1 aromatic carbocycles. The number of hydrogen-bond acceptors (Lipinski definition) is 2. The van der Waals surface area contributed by atoms with Gasteiger partial charge in [0, 0.05) is 11.6 Å². The van der Waals surface area contributed by atoms with Crippen LogP contribution >= 0.6 is 0 Å². The Morgan fingerprint density at radius 2 is 1.94 bits per heavy atom. The van der Waals surface area contributed by atoms with Crippen LogP contribution in [0.25, 0.3) is 0 Å². The van der Waals surface area contributed by atoms with Crippen LogP contribution in [0.4, 0.5) is 13.2 Å². The first-order chi connectivity index (χ1) is 7.44. The molecule has 1 unspecified atom stereocenters. The van der Waals surface area contributed by atoms with Crippen molar-refractivity contribution in [3.05, 3.63) is 29.8 Å². The number of alkyl halides is 3. The summed E-state index contributed by atoms with van der Waals surface area (Å²) in [6.07, 6.45) is -3.68. The maximum atomic E-state index is 12.0. The Bertz CT molecular complexity index is 338. The van der Waals surface area contributed by atoms with Gasteiger partial charge in [0.2, 0.25) is 0 Å². The van der Waals surface area contributed by atoms with Crippen LogP contribution in [0.5, 0.6) is 5.75 Å². The maximum absolute atomic E-state index is 12.0. The zero-order chi connectivity index (χ0) is 12.2. The minimum absolute atomic E-state index is 0.203. The van der Waals surface area contributed by atoms with E-state index in [4.69, 9.17) is 10.5 Å². The summed E-state index contributed by atoms with van der Waals surface area (Å²) in [5.41, 5.74) is 6.38. The van der Waals surface area contributed by atoms with Crippen LogP contribution in [0, 0.1) is 0 Å². The molecule has 1 rings (SSSR count). The first-order valence-electron chi connectivity index (χ1n) is 4.98. The third-order valence-corrected chi connectivity index (χ3v) is 2.15. The zero-order valence-electron chi connectivity index (χ0n) is 8.92. The van der Waals surface area contributed by atoms with Gasteiger partial charge in [-0.3, -0.25) is 0 Å². The first-order valence-corrected chi connectivity index (χ1v) is 4.98. The molecule has 0 aromatic heterocycles. The molecular weight excluding hydrogens is 219 g/mol. The van der Waals surface area contributed by atoms with Crippen LogP contribution < -0.4 is 10.5 Å². The molecule has 0 bridgehead atoms. The Hall–Kier alpha value is -1.23. The molecule has 0 amide bonds. The Balaban J connectivity index is 2.79. The Morgan fingerprint density at radius 3 is 2.50 bits per heavy atom. The molecule has 0 aliphatic rings. The van der Waals surface area contributed by atoms with Gasteiger partial charge in [0.05, 0.1) is 0 Å². The van der Waals surface area contributed by atoms with Crippen LogP contribution in [-0.4, -0.2) is 12.8 Å². The standard InChI is InChI=1S/C11H14F3NO/c1-2-9(15)8-5-3-4-6-10(8)16-7-11(12,13)14/h3-6,9H,2,7,15H2,1H3. The smallest absolute Gasteiger partial charge is 0.422 e. The highest BCUT2D eigenvalue weighted by molar-refractivity contribution is 5.35. The van der Waals surface area contributed by atoms with Crippen LogP contribution in [0.2, 0.25) is 0 Å². The molecule has 5 heteroatoms. The van der Waals surface area contributed by atoms with Crippen molar-refractivity contribution in [1.29, 1.82) is 0 Å². The largest absolute Gasteiger partial charge is 0.484 e. The van der Waals surface area contributed by atoms with E-state index in [9.17, 15) is 13.2 Å². The summed E-state index contributed by atoms with van der Waals surface area (Å²) in [5, 5.41) is 0. The van der Waals surface area contributed by atoms with Gasteiger partial charge in [0.25, 0.3) is 0 Å². The van der Waals surface area contributed by atoms with Gasteiger partial charge in [-0.15, -0.1) is 0 Å². The highest BCUT2D eigenvalue weighted by Gasteiger charge is 2.29. The molecule has 1 atom stereocenters. The highest BCUT2D eigenvalue weighted by atomic mass is 19.4. The van der Waals surface area contributed by atoms with E-state index in [0.29, 0.717) is 12.0 Å². The van der Waals surface area contributed by atoms with E-state index in [-0.39, 0.29) is 11.8 Å². The number of rotatable bonds is 4. The lowest BCUT2D eigenvalue weighted by Crippen LogP contribution is -2.20. The number of benzene rings is 1. The second kappa shape index (κ2) is 5.21. The summed E-state index contributed by atoms with van der Waals surface area (Å²) in [7, 11) is 0. The van der Waals surface area contributed by atoms with E-state index in [1.165, 1.54) is 6.07 Å². The number of para-hydroxylation sites is 1. The van der Waals surface area contributed by atoms with Crippen molar-refractivity contribution in [2.24, 2.45) is 5.73 Å². The molecule has 2 nitrogen and oxygen atoms in total. The van der Waals surface area contributed by atoms with Gasteiger partial charge in [-0.2, -0.15) is 13.2 Å². The molecule has 0 spiro atoms.